The van der Waals surface area contributed by atoms with Crippen LogP contribution in [0.25, 0.3) is 0 Å². The van der Waals surface area contributed by atoms with Crippen molar-refractivity contribution < 1.29 is 18.1 Å². The maximum absolute atomic E-state index is 12.5. The minimum Gasteiger partial charge on any atom is -0.326 e. The minimum absolute atomic E-state index is 0.108. The summed E-state index contributed by atoms with van der Waals surface area (Å²) in [6, 6.07) is 1.32. The normalized spacial score (nSPS) is 11.6. The molecule has 0 amide bonds. The number of halogens is 4. The van der Waals surface area contributed by atoms with E-state index in [0.29, 0.717) is 6.07 Å². The van der Waals surface area contributed by atoms with E-state index in [1.54, 1.807) is 0 Å². The third kappa shape index (κ3) is 2.42. The minimum atomic E-state index is -4.74. The number of benzene rings is 1. The van der Waals surface area contributed by atoms with Crippen LogP contribution in [0.5, 0.6) is 0 Å². The molecule has 0 saturated heterocycles. The lowest BCUT2D eigenvalue weighted by Gasteiger charge is -2.11. The zero-order valence-corrected chi connectivity index (χ0v) is 8.47. The highest BCUT2D eigenvalue weighted by Gasteiger charge is 2.36. The van der Waals surface area contributed by atoms with Crippen LogP contribution in [0.4, 0.5) is 18.9 Å². The summed E-state index contributed by atoms with van der Waals surface area (Å²) in [6.07, 6.45) is -4.74. The standard InChI is InChI=1S/C8H6ClF3N2O2/c9-7-4(3-13)1-5(14(15)16)2-6(7)8(10,11)12/h1-2H,3,13H2. The second-order valence-corrected chi connectivity index (χ2v) is 3.30. The van der Waals surface area contributed by atoms with Gasteiger partial charge in [-0.05, 0) is 5.56 Å². The number of nitro benzene ring substituents is 1. The fourth-order valence-electron chi connectivity index (χ4n) is 1.13. The maximum Gasteiger partial charge on any atom is 0.418 e. The van der Waals surface area contributed by atoms with Gasteiger partial charge in [-0.25, -0.2) is 0 Å². The van der Waals surface area contributed by atoms with Gasteiger partial charge >= 0.3 is 6.18 Å². The Bertz CT molecular complexity index is 434. The number of nitro groups is 1. The summed E-state index contributed by atoms with van der Waals surface area (Å²) < 4.78 is 37.4. The van der Waals surface area contributed by atoms with Gasteiger partial charge in [-0.2, -0.15) is 13.2 Å². The van der Waals surface area contributed by atoms with Gasteiger partial charge in [-0.3, -0.25) is 10.1 Å². The smallest absolute Gasteiger partial charge is 0.326 e. The molecule has 16 heavy (non-hydrogen) atoms. The lowest BCUT2D eigenvalue weighted by Crippen LogP contribution is -2.10. The van der Waals surface area contributed by atoms with Gasteiger partial charge in [0.1, 0.15) is 0 Å². The first kappa shape index (κ1) is 12.7. The average molecular weight is 255 g/mol. The van der Waals surface area contributed by atoms with Crippen LogP contribution in [0.15, 0.2) is 12.1 Å². The van der Waals surface area contributed by atoms with Crippen LogP contribution in [0.3, 0.4) is 0 Å². The van der Waals surface area contributed by atoms with Gasteiger partial charge in [0.25, 0.3) is 5.69 Å². The first-order chi connectivity index (χ1) is 7.27. The molecule has 0 aliphatic heterocycles. The molecule has 0 saturated carbocycles. The molecule has 88 valence electrons. The summed E-state index contributed by atoms with van der Waals surface area (Å²) >= 11 is 5.45. The second kappa shape index (κ2) is 4.26. The molecule has 0 spiro atoms. The molecule has 4 nitrogen and oxygen atoms in total. The molecule has 0 aliphatic rings. The number of alkyl halides is 3. The van der Waals surface area contributed by atoms with Crippen molar-refractivity contribution in [3.8, 4) is 0 Å². The zero-order valence-electron chi connectivity index (χ0n) is 7.71. The van der Waals surface area contributed by atoms with Gasteiger partial charge in [0.2, 0.25) is 0 Å². The van der Waals surface area contributed by atoms with Crippen LogP contribution in [0, 0.1) is 10.1 Å². The van der Waals surface area contributed by atoms with E-state index in [4.69, 9.17) is 17.3 Å². The van der Waals surface area contributed by atoms with E-state index < -0.39 is 27.4 Å². The van der Waals surface area contributed by atoms with E-state index in [1.165, 1.54) is 0 Å². The molecule has 1 aromatic carbocycles. The molecule has 0 atom stereocenters. The van der Waals surface area contributed by atoms with Crippen molar-refractivity contribution >= 4 is 17.3 Å². The molecule has 1 aromatic rings. The van der Waals surface area contributed by atoms with Gasteiger partial charge in [0.05, 0.1) is 15.5 Å². The average Bonchev–Trinajstić information content (AvgIpc) is 2.15. The molecule has 8 heteroatoms. The molecule has 0 aliphatic carbocycles. The number of non-ortho nitro benzene ring substituents is 1. The topological polar surface area (TPSA) is 69.2 Å². The van der Waals surface area contributed by atoms with Crippen LogP contribution in [0.2, 0.25) is 5.02 Å². The van der Waals surface area contributed by atoms with Crippen molar-refractivity contribution in [2.45, 2.75) is 12.7 Å². The van der Waals surface area contributed by atoms with Gasteiger partial charge in [-0.1, -0.05) is 11.6 Å². The van der Waals surface area contributed by atoms with Gasteiger partial charge in [0, 0.05) is 18.7 Å². The van der Waals surface area contributed by atoms with Crippen LogP contribution < -0.4 is 5.73 Å². The van der Waals surface area contributed by atoms with E-state index in [0.717, 1.165) is 6.07 Å². The van der Waals surface area contributed by atoms with Crippen molar-refractivity contribution in [2.24, 2.45) is 5.73 Å². The Morgan fingerprint density at radius 2 is 2.00 bits per heavy atom. The highest BCUT2D eigenvalue weighted by atomic mass is 35.5. The summed E-state index contributed by atoms with van der Waals surface area (Å²) in [6.45, 7) is -0.302. The lowest BCUT2D eigenvalue weighted by atomic mass is 10.1. The second-order valence-electron chi connectivity index (χ2n) is 2.93. The van der Waals surface area contributed by atoms with Crippen molar-refractivity contribution in [1.29, 1.82) is 0 Å². The van der Waals surface area contributed by atoms with E-state index in [-0.39, 0.29) is 12.1 Å². The Morgan fingerprint density at radius 1 is 1.44 bits per heavy atom. The summed E-state index contributed by atoms with van der Waals surface area (Å²) in [5.74, 6) is 0. The molecule has 0 radical (unpaired) electrons. The molecule has 0 fully saturated rings. The zero-order chi connectivity index (χ0) is 12.5. The fourth-order valence-corrected chi connectivity index (χ4v) is 1.42. The predicted molar refractivity (Wildman–Crippen MR) is 51.0 cm³/mol. The van der Waals surface area contributed by atoms with E-state index in [1.807, 2.05) is 0 Å². The highest BCUT2D eigenvalue weighted by molar-refractivity contribution is 6.32. The molecular weight excluding hydrogens is 249 g/mol. The third-order valence-electron chi connectivity index (χ3n) is 1.87. The number of hydrogen-bond acceptors (Lipinski definition) is 3. The predicted octanol–water partition coefficient (Wildman–Crippen LogP) is 2.73. The monoisotopic (exact) mass is 254 g/mol. The Kier molecular flexibility index (Phi) is 3.39. The lowest BCUT2D eigenvalue weighted by molar-refractivity contribution is -0.385. The molecule has 2 N–H and O–H groups in total. The quantitative estimate of drug-likeness (QED) is 0.652. The van der Waals surface area contributed by atoms with Crippen LogP contribution >= 0.6 is 11.6 Å². The first-order valence-corrected chi connectivity index (χ1v) is 4.39. The van der Waals surface area contributed by atoms with Crippen LogP contribution in [-0.2, 0) is 12.7 Å². The summed E-state index contributed by atoms with van der Waals surface area (Å²) in [5.41, 5.74) is 3.12. The number of rotatable bonds is 2. The van der Waals surface area contributed by atoms with Crippen molar-refractivity contribution in [3.05, 3.63) is 38.4 Å². The van der Waals surface area contributed by atoms with Gasteiger partial charge in [-0.15, -0.1) is 0 Å². The van der Waals surface area contributed by atoms with Gasteiger partial charge < -0.3 is 5.73 Å². The van der Waals surface area contributed by atoms with E-state index in [9.17, 15) is 23.3 Å². The molecule has 1 rings (SSSR count). The van der Waals surface area contributed by atoms with Crippen molar-refractivity contribution in [1.82, 2.24) is 0 Å². The van der Waals surface area contributed by atoms with Crippen LogP contribution in [0.1, 0.15) is 11.1 Å². The highest BCUT2D eigenvalue weighted by Crippen LogP contribution is 2.38. The summed E-state index contributed by atoms with van der Waals surface area (Å²) in [7, 11) is 0. The molecule has 0 unspecified atom stereocenters. The maximum atomic E-state index is 12.5. The Labute approximate surface area is 93.0 Å². The van der Waals surface area contributed by atoms with Crippen LogP contribution in [-0.4, -0.2) is 4.92 Å². The summed E-state index contributed by atoms with van der Waals surface area (Å²) in [5, 5.41) is 9.82. The number of hydrogen-bond donors (Lipinski definition) is 1. The first-order valence-electron chi connectivity index (χ1n) is 4.01. The Morgan fingerprint density at radius 3 is 2.38 bits per heavy atom. The molecule has 0 heterocycles. The van der Waals surface area contributed by atoms with Gasteiger partial charge in [0.15, 0.2) is 0 Å². The Hall–Kier alpha value is -1.34. The molecule has 0 bridgehead atoms. The van der Waals surface area contributed by atoms with E-state index in [2.05, 4.69) is 0 Å². The summed E-state index contributed by atoms with van der Waals surface area (Å²) in [4.78, 5) is 9.49. The number of nitrogens with zero attached hydrogens (tertiary/aromatic N) is 1. The SMILES string of the molecule is NCc1cc([N+](=O)[O-])cc(C(F)(F)F)c1Cl. The van der Waals surface area contributed by atoms with E-state index >= 15 is 0 Å². The molecular formula is C8H6ClF3N2O2. The van der Waals surface area contributed by atoms with Crippen molar-refractivity contribution in [3.63, 3.8) is 0 Å². The molecule has 0 aromatic heterocycles. The number of nitrogens with two attached hydrogens (primary N) is 1. The largest absolute Gasteiger partial charge is 0.418 e. The Balaban J connectivity index is 3.48. The fraction of sp³-hybridized carbons (Fsp3) is 0.250. The van der Waals surface area contributed by atoms with Crippen molar-refractivity contribution in [2.75, 3.05) is 0 Å². The third-order valence-corrected chi connectivity index (χ3v) is 2.32.